The van der Waals surface area contributed by atoms with Gasteiger partial charge in [0, 0.05) is 49.8 Å². The van der Waals surface area contributed by atoms with Crippen LogP contribution in [-0.2, 0) is 4.74 Å². The molecule has 4 unspecified atom stereocenters. The summed E-state index contributed by atoms with van der Waals surface area (Å²) in [5.41, 5.74) is 0.358. The molecule has 5 nitrogen and oxygen atoms in total. The first-order chi connectivity index (χ1) is 12.2. The second-order valence-electron chi connectivity index (χ2n) is 8.74. The third-order valence-electron chi connectivity index (χ3n) is 7.20. The highest BCUT2D eigenvalue weighted by atomic mass is 127. The number of ether oxygens (including phenoxy) is 1. The van der Waals surface area contributed by atoms with E-state index >= 15 is 0 Å². The molecule has 4 aliphatic rings. The van der Waals surface area contributed by atoms with Crippen molar-refractivity contribution in [3.63, 3.8) is 0 Å². The van der Waals surface area contributed by atoms with Crippen molar-refractivity contribution < 1.29 is 4.74 Å². The van der Waals surface area contributed by atoms with Crippen LogP contribution in [0.1, 0.15) is 65.2 Å². The van der Waals surface area contributed by atoms with Crippen molar-refractivity contribution in [3.05, 3.63) is 0 Å². The minimum Gasteiger partial charge on any atom is -0.378 e. The second-order valence-corrected chi connectivity index (χ2v) is 8.74. The lowest BCUT2D eigenvalue weighted by atomic mass is 9.60. The first-order valence-electron chi connectivity index (χ1n) is 10.5. The Labute approximate surface area is 176 Å². The number of guanidine groups is 1. The Morgan fingerprint density at radius 1 is 1.19 bits per heavy atom. The average molecular weight is 476 g/mol. The van der Waals surface area contributed by atoms with Crippen molar-refractivity contribution in [1.82, 2.24) is 15.5 Å². The van der Waals surface area contributed by atoms with Crippen LogP contribution in [0.2, 0.25) is 0 Å². The maximum Gasteiger partial charge on any atom is 0.191 e. The molecule has 0 bridgehead atoms. The fourth-order valence-electron chi connectivity index (χ4n) is 5.69. The van der Waals surface area contributed by atoms with Crippen molar-refractivity contribution >= 4 is 29.9 Å². The number of hydrogen-bond donors (Lipinski definition) is 2. The summed E-state index contributed by atoms with van der Waals surface area (Å²) in [4.78, 5) is 7.24. The van der Waals surface area contributed by atoms with E-state index in [-0.39, 0.29) is 24.0 Å². The molecule has 1 aliphatic heterocycles. The molecule has 1 saturated heterocycles. The minimum atomic E-state index is 0. The Kier molecular flexibility index (Phi) is 6.76. The standard InChI is InChI=1S/C20H36N4O.HI/c1-4-25-18-12-17(20(18)9-5-6-10-20)23-19(21-3)22-15-11-14(2)24(13-15)16-7-8-16;/h14-18H,4-13H2,1-3H3,(H2,21,22,23);1H. The number of aliphatic imine (C=N–C) groups is 1. The van der Waals surface area contributed by atoms with Gasteiger partial charge in [0.1, 0.15) is 0 Å². The van der Waals surface area contributed by atoms with Crippen LogP contribution in [0.4, 0.5) is 0 Å². The van der Waals surface area contributed by atoms with Gasteiger partial charge in [0.15, 0.2) is 5.96 Å². The highest BCUT2D eigenvalue weighted by Gasteiger charge is 2.57. The molecular formula is C20H37IN4O. The normalized spacial score (nSPS) is 36.7. The first kappa shape index (κ1) is 20.6. The van der Waals surface area contributed by atoms with Gasteiger partial charge in [0.25, 0.3) is 0 Å². The maximum absolute atomic E-state index is 6.05. The van der Waals surface area contributed by atoms with Gasteiger partial charge in [0.2, 0.25) is 0 Å². The quantitative estimate of drug-likeness (QED) is 0.364. The van der Waals surface area contributed by atoms with Crippen molar-refractivity contribution in [2.75, 3.05) is 20.2 Å². The molecule has 0 radical (unpaired) electrons. The largest absolute Gasteiger partial charge is 0.378 e. The predicted octanol–water partition coefficient (Wildman–Crippen LogP) is 3.13. The van der Waals surface area contributed by atoms with Crippen LogP contribution >= 0.6 is 24.0 Å². The van der Waals surface area contributed by atoms with Gasteiger partial charge in [-0.1, -0.05) is 12.8 Å². The number of nitrogens with zero attached hydrogens (tertiary/aromatic N) is 2. The Bertz CT molecular complexity index is 504. The Morgan fingerprint density at radius 2 is 1.92 bits per heavy atom. The molecule has 1 heterocycles. The fourth-order valence-corrected chi connectivity index (χ4v) is 5.69. The van der Waals surface area contributed by atoms with Crippen molar-refractivity contribution in [3.8, 4) is 0 Å². The predicted molar refractivity (Wildman–Crippen MR) is 117 cm³/mol. The summed E-state index contributed by atoms with van der Waals surface area (Å²) < 4.78 is 6.05. The Hall–Kier alpha value is -0.0800. The van der Waals surface area contributed by atoms with E-state index in [0.29, 0.717) is 29.6 Å². The second kappa shape index (κ2) is 8.52. The van der Waals surface area contributed by atoms with E-state index in [0.717, 1.165) is 25.0 Å². The van der Waals surface area contributed by atoms with Crippen molar-refractivity contribution in [2.45, 2.75) is 95.5 Å². The highest BCUT2D eigenvalue weighted by molar-refractivity contribution is 14.0. The summed E-state index contributed by atoms with van der Waals surface area (Å²) in [5, 5.41) is 7.48. The summed E-state index contributed by atoms with van der Waals surface area (Å²) in [6.07, 6.45) is 10.9. The summed E-state index contributed by atoms with van der Waals surface area (Å²) in [7, 11) is 1.91. The van der Waals surface area contributed by atoms with E-state index in [2.05, 4.69) is 34.4 Å². The number of likely N-dealkylation sites (tertiary alicyclic amines) is 1. The van der Waals surface area contributed by atoms with E-state index in [1.165, 1.54) is 51.5 Å². The molecular weight excluding hydrogens is 439 g/mol. The van der Waals surface area contributed by atoms with Crippen LogP contribution in [0.15, 0.2) is 4.99 Å². The molecule has 6 heteroatoms. The van der Waals surface area contributed by atoms with Crippen LogP contribution < -0.4 is 10.6 Å². The summed E-state index contributed by atoms with van der Waals surface area (Å²) in [6.45, 7) is 6.51. The van der Waals surface area contributed by atoms with Crippen LogP contribution in [0.25, 0.3) is 0 Å². The Balaban J connectivity index is 0.00000196. The molecule has 0 aromatic heterocycles. The van der Waals surface area contributed by atoms with Gasteiger partial charge < -0.3 is 15.4 Å². The van der Waals surface area contributed by atoms with Crippen molar-refractivity contribution in [2.24, 2.45) is 10.4 Å². The van der Waals surface area contributed by atoms with Gasteiger partial charge in [-0.05, 0) is 52.4 Å². The molecule has 3 saturated carbocycles. The van der Waals surface area contributed by atoms with E-state index in [9.17, 15) is 0 Å². The van der Waals surface area contributed by atoms with Gasteiger partial charge in [-0.3, -0.25) is 9.89 Å². The third kappa shape index (κ3) is 3.88. The molecule has 4 atom stereocenters. The summed E-state index contributed by atoms with van der Waals surface area (Å²) in [6, 6.07) is 2.62. The Morgan fingerprint density at radius 3 is 2.54 bits per heavy atom. The van der Waals surface area contributed by atoms with Gasteiger partial charge in [-0.15, -0.1) is 24.0 Å². The number of nitrogens with one attached hydrogen (secondary N) is 2. The highest BCUT2D eigenvalue weighted by Crippen LogP contribution is 2.54. The SMILES string of the molecule is CCOC1CC(NC(=NC)NC2CC(C)N(C3CC3)C2)C12CCCC2.I. The van der Waals surface area contributed by atoms with E-state index in [4.69, 9.17) is 4.74 Å². The molecule has 0 aromatic carbocycles. The van der Waals surface area contributed by atoms with Gasteiger partial charge in [-0.25, -0.2) is 0 Å². The molecule has 3 aliphatic carbocycles. The van der Waals surface area contributed by atoms with Crippen LogP contribution in [0, 0.1) is 5.41 Å². The maximum atomic E-state index is 6.05. The number of rotatable bonds is 5. The van der Waals surface area contributed by atoms with Crippen molar-refractivity contribution in [1.29, 1.82) is 0 Å². The average Bonchev–Trinajstić information content (AvgIpc) is 3.17. The topological polar surface area (TPSA) is 48.9 Å². The molecule has 150 valence electrons. The lowest BCUT2D eigenvalue weighted by molar-refractivity contribution is -0.125. The van der Waals surface area contributed by atoms with E-state index < -0.39 is 0 Å². The zero-order valence-corrected chi connectivity index (χ0v) is 19.0. The van der Waals surface area contributed by atoms with Gasteiger partial charge in [-0.2, -0.15) is 0 Å². The third-order valence-corrected chi connectivity index (χ3v) is 7.20. The zero-order chi connectivity index (χ0) is 17.4. The van der Waals surface area contributed by atoms with E-state index in [1.54, 1.807) is 0 Å². The molecule has 2 N–H and O–H groups in total. The number of hydrogen-bond acceptors (Lipinski definition) is 3. The fraction of sp³-hybridized carbons (Fsp3) is 0.950. The number of halogens is 1. The molecule has 0 aromatic rings. The summed E-state index contributed by atoms with van der Waals surface area (Å²) in [5.74, 6) is 1.00. The first-order valence-corrected chi connectivity index (χ1v) is 10.5. The molecule has 26 heavy (non-hydrogen) atoms. The minimum absolute atomic E-state index is 0. The van der Waals surface area contributed by atoms with Gasteiger partial charge in [0.05, 0.1) is 6.10 Å². The van der Waals surface area contributed by atoms with Gasteiger partial charge >= 0.3 is 0 Å². The van der Waals surface area contributed by atoms with Crippen LogP contribution in [0.3, 0.4) is 0 Å². The summed E-state index contributed by atoms with van der Waals surface area (Å²) >= 11 is 0. The lowest BCUT2D eigenvalue weighted by Crippen LogP contribution is -2.65. The molecule has 0 amide bonds. The van der Waals surface area contributed by atoms with Crippen LogP contribution in [0.5, 0.6) is 0 Å². The zero-order valence-electron chi connectivity index (χ0n) is 16.7. The molecule has 4 fully saturated rings. The molecule has 4 rings (SSSR count). The van der Waals surface area contributed by atoms with E-state index in [1.807, 2.05) is 7.05 Å². The monoisotopic (exact) mass is 476 g/mol. The smallest absolute Gasteiger partial charge is 0.191 e. The molecule has 1 spiro atoms. The van der Waals surface area contributed by atoms with Crippen LogP contribution in [-0.4, -0.2) is 61.3 Å². The lowest BCUT2D eigenvalue weighted by Gasteiger charge is -2.54.